The van der Waals surface area contributed by atoms with E-state index in [0.29, 0.717) is 0 Å². The molecular formula is C11H10BrFN2. The molecule has 0 aliphatic rings. The van der Waals surface area contributed by atoms with Gasteiger partial charge in [-0.3, -0.25) is 0 Å². The molecule has 2 rings (SSSR count). The molecule has 0 fully saturated rings. The first kappa shape index (κ1) is 10.4. The zero-order chi connectivity index (χ0) is 10.8. The van der Waals surface area contributed by atoms with Gasteiger partial charge in [-0.15, -0.1) is 0 Å². The first-order valence-corrected chi connectivity index (χ1v) is 5.70. The summed E-state index contributed by atoms with van der Waals surface area (Å²) in [5.74, 6) is -0.219. The van der Waals surface area contributed by atoms with Crippen LogP contribution in [-0.2, 0) is 5.33 Å². The van der Waals surface area contributed by atoms with Crippen LogP contribution in [0.25, 0.3) is 5.69 Å². The lowest BCUT2D eigenvalue weighted by molar-refractivity contribution is 0.625. The Kier molecular flexibility index (Phi) is 2.86. The summed E-state index contributed by atoms with van der Waals surface area (Å²) in [6.45, 7) is 1.87. The number of aromatic nitrogens is 2. The molecule has 4 heteroatoms. The summed E-state index contributed by atoms with van der Waals surface area (Å²) in [5, 5.41) is 4.94. The lowest BCUT2D eigenvalue weighted by Gasteiger charge is -2.08. The first-order chi connectivity index (χ1) is 7.22. The van der Waals surface area contributed by atoms with Crippen LogP contribution in [0.4, 0.5) is 4.39 Å². The minimum absolute atomic E-state index is 0.219. The lowest BCUT2D eigenvalue weighted by atomic mass is 10.2. The second kappa shape index (κ2) is 4.14. The molecule has 0 saturated carbocycles. The van der Waals surface area contributed by atoms with Gasteiger partial charge >= 0.3 is 0 Å². The van der Waals surface area contributed by atoms with Gasteiger partial charge in [0, 0.05) is 11.5 Å². The number of hydrogen-bond donors (Lipinski definition) is 0. The van der Waals surface area contributed by atoms with Crippen LogP contribution in [-0.4, -0.2) is 9.78 Å². The average Bonchev–Trinajstić information content (AvgIpc) is 2.65. The molecule has 1 heterocycles. The molecular weight excluding hydrogens is 259 g/mol. The molecule has 2 aromatic rings. The molecule has 15 heavy (non-hydrogen) atoms. The smallest absolute Gasteiger partial charge is 0.123 e. The van der Waals surface area contributed by atoms with Crippen LogP contribution in [0.5, 0.6) is 0 Å². The van der Waals surface area contributed by atoms with E-state index in [1.54, 1.807) is 12.3 Å². The summed E-state index contributed by atoms with van der Waals surface area (Å²) in [6, 6.07) is 6.62. The molecule has 78 valence electrons. The second-order valence-electron chi connectivity index (χ2n) is 3.30. The molecule has 0 spiro atoms. The summed E-state index contributed by atoms with van der Waals surface area (Å²) < 4.78 is 14.7. The number of hydrogen-bond acceptors (Lipinski definition) is 1. The van der Waals surface area contributed by atoms with E-state index < -0.39 is 0 Å². The number of rotatable bonds is 2. The molecule has 2 nitrogen and oxygen atoms in total. The molecule has 0 atom stereocenters. The Labute approximate surface area is 95.9 Å². The summed E-state index contributed by atoms with van der Waals surface area (Å²) >= 11 is 3.39. The van der Waals surface area contributed by atoms with Crippen molar-refractivity contribution in [1.29, 1.82) is 0 Å². The number of halogens is 2. The van der Waals surface area contributed by atoms with Crippen molar-refractivity contribution in [2.24, 2.45) is 0 Å². The molecule has 0 radical (unpaired) electrons. The van der Waals surface area contributed by atoms with Crippen molar-refractivity contribution in [2.45, 2.75) is 12.3 Å². The van der Waals surface area contributed by atoms with E-state index in [1.165, 1.54) is 12.1 Å². The maximum absolute atomic E-state index is 12.9. The molecule has 0 amide bonds. The largest absolute Gasteiger partial charge is 0.237 e. The van der Waals surface area contributed by atoms with Crippen molar-refractivity contribution < 1.29 is 4.39 Å². The Morgan fingerprint density at radius 1 is 1.40 bits per heavy atom. The minimum atomic E-state index is -0.219. The Balaban J connectivity index is 2.54. The van der Waals surface area contributed by atoms with Gasteiger partial charge in [-0.2, -0.15) is 5.10 Å². The minimum Gasteiger partial charge on any atom is -0.237 e. The highest BCUT2D eigenvalue weighted by atomic mass is 79.9. The van der Waals surface area contributed by atoms with Crippen LogP contribution < -0.4 is 0 Å². The Hall–Kier alpha value is -1.16. The summed E-state index contributed by atoms with van der Waals surface area (Å²) in [7, 11) is 0. The number of alkyl halides is 1. The van der Waals surface area contributed by atoms with Gasteiger partial charge in [-0.25, -0.2) is 9.07 Å². The van der Waals surface area contributed by atoms with E-state index >= 15 is 0 Å². The third-order valence-corrected chi connectivity index (χ3v) is 2.82. The Morgan fingerprint density at radius 3 is 2.87 bits per heavy atom. The highest BCUT2D eigenvalue weighted by Gasteiger charge is 2.06. The maximum Gasteiger partial charge on any atom is 0.123 e. The van der Waals surface area contributed by atoms with Crippen LogP contribution in [0.2, 0.25) is 0 Å². The predicted molar refractivity (Wildman–Crippen MR) is 60.9 cm³/mol. The fourth-order valence-electron chi connectivity index (χ4n) is 1.51. The van der Waals surface area contributed by atoms with Crippen molar-refractivity contribution in [3.8, 4) is 5.69 Å². The van der Waals surface area contributed by atoms with Crippen molar-refractivity contribution in [2.75, 3.05) is 0 Å². The highest BCUT2D eigenvalue weighted by molar-refractivity contribution is 9.08. The summed E-state index contributed by atoms with van der Waals surface area (Å²) in [6.07, 6.45) is 1.74. The molecule has 0 aliphatic carbocycles. The average molecular weight is 269 g/mol. The van der Waals surface area contributed by atoms with Gasteiger partial charge in [0.25, 0.3) is 0 Å². The number of aryl methyl sites for hydroxylation is 1. The fourth-order valence-corrected chi connectivity index (χ4v) is 1.93. The normalized spacial score (nSPS) is 10.6. The first-order valence-electron chi connectivity index (χ1n) is 4.58. The molecule has 0 aliphatic heterocycles. The van der Waals surface area contributed by atoms with E-state index in [9.17, 15) is 4.39 Å². The maximum atomic E-state index is 12.9. The van der Waals surface area contributed by atoms with Crippen LogP contribution >= 0.6 is 15.9 Å². The quantitative estimate of drug-likeness (QED) is 0.765. The van der Waals surface area contributed by atoms with Crippen LogP contribution in [0, 0.1) is 12.7 Å². The van der Waals surface area contributed by atoms with Crippen LogP contribution in [0.15, 0.2) is 30.5 Å². The van der Waals surface area contributed by atoms with Gasteiger partial charge in [0.15, 0.2) is 0 Å². The molecule has 0 unspecified atom stereocenters. The van der Waals surface area contributed by atoms with E-state index in [2.05, 4.69) is 21.0 Å². The van der Waals surface area contributed by atoms with Gasteiger partial charge in [0.05, 0.1) is 11.4 Å². The van der Waals surface area contributed by atoms with Gasteiger partial charge in [0.1, 0.15) is 5.82 Å². The van der Waals surface area contributed by atoms with Crippen LogP contribution in [0.3, 0.4) is 0 Å². The Morgan fingerprint density at radius 2 is 2.20 bits per heavy atom. The van der Waals surface area contributed by atoms with Gasteiger partial charge in [0.2, 0.25) is 0 Å². The second-order valence-corrected chi connectivity index (χ2v) is 3.86. The molecule has 0 bridgehead atoms. The van der Waals surface area contributed by atoms with Crippen LogP contribution in [0.1, 0.15) is 11.3 Å². The third-order valence-electron chi connectivity index (χ3n) is 2.25. The zero-order valence-corrected chi connectivity index (χ0v) is 9.83. The van der Waals surface area contributed by atoms with Gasteiger partial charge < -0.3 is 0 Å². The topological polar surface area (TPSA) is 17.8 Å². The zero-order valence-electron chi connectivity index (χ0n) is 8.24. The van der Waals surface area contributed by atoms with Gasteiger partial charge in [-0.05, 0) is 36.8 Å². The van der Waals surface area contributed by atoms with E-state index in [0.717, 1.165) is 22.3 Å². The van der Waals surface area contributed by atoms with Gasteiger partial charge in [-0.1, -0.05) is 15.9 Å². The molecule has 1 aromatic carbocycles. The highest BCUT2D eigenvalue weighted by Crippen LogP contribution is 2.17. The lowest BCUT2D eigenvalue weighted by Crippen LogP contribution is -2.02. The van der Waals surface area contributed by atoms with E-state index in [4.69, 9.17) is 0 Å². The number of benzene rings is 1. The fraction of sp³-hybridized carbons (Fsp3) is 0.182. The third kappa shape index (κ3) is 1.95. The Bertz CT molecular complexity index is 479. The SMILES string of the molecule is Cc1cc(F)ccc1-n1nccc1CBr. The summed E-state index contributed by atoms with van der Waals surface area (Å²) in [4.78, 5) is 0. The van der Waals surface area contributed by atoms with Crippen molar-refractivity contribution in [3.63, 3.8) is 0 Å². The van der Waals surface area contributed by atoms with Crippen molar-refractivity contribution in [1.82, 2.24) is 9.78 Å². The van der Waals surface area contributed by atoms with E-state index in [1.807, 2.05) is 17.7 Å². The molecule has 0 saturated heterocycles. The van der Waals surface area contributed by atoms with Crippen molar-refractivity contribution in [3.05, 3.63) is 47.5 Å². The van der Waals surface area contributed by atoms with E-state index in [-0.39, 0.29) is 5.82 Å². The number of nitrogens with zero attached hydrogens (tertiary/aromatic N) is 2. The summed E-state index contributed by atoms with van der Waals surface area (Å²) in [5.41, 5.74) is 2.83. The molecule has 1 aromatic heterocycles. The standard InChI is InChI=1S/C11H10BrFN2/c1-8-6-9(13)2-3-11(8)15-10(7-12)4-5-14-15/h2-6H,7H2,1H3. The van der Waals surface area contributed by atoms with Crippen molar-refractivity contribution >= 4 is 15.9 Å². The molecule has 0 N–H and O–H groups in total. The monoisotopic (exact) mass is 268 g/mol. The predicted octanol–water partition coefficient (Wildman–Crippen LogP) is 3.21.